The summed E-state index contributed by atoms with van der Waals surface area (Å²) >= 11 is 0. The lowest BCUT2D eigenvalue weighted by Gasteiger charge is -2.27. The molecule has 1 aliphatic rings. The van der Waals surface area contributed by atoms with Crippen molar-refractivity contribution in [2.75, 3.05) is 7.11 Å². The molecule has 1 atom stereocenters. The van der Waals surface area contributed by atoms with Crippen LogP contribution in [0.4, 0.5) is 0 Å². The molecule has 1 unspecified atom stereocenters. The molecule has 2 N–H and O–H groups in total. The van der Waals surface area contributed by atoms with Crippen molar-refractivity contribution in [2.24, 2.45) is 7.05 Å². The third-order valence-corrected chi connectivity index (χ3v) is 5.13. The number of nitrogens with zero attached hydrogens (tertiary/aromatic N) is 1. The monoisotopic (exact) mass is 351 g/mol. The molecular formula is C20H21N3O3. The molecule has 26 heavy (non-hydrogen) atoms. The average molecular weight is 351 g/mol. The maximum atomic E-state index is 12.8. The standard InChI is InChI=1S/C20H21N3O3/c1-23-18-5-3-4-16(14(18)7-9-19(23)24)22-20(25)17-11-12-10-13(26-2)6-8-15(12)21-17/h6-11,16,21H,3-5H2,1-2H3,(H,22,25). The number of carbonyl (C=O) groups is 1. The van der Waals surface area contributed by atoms with E-state index in [2.05, 4.69) is 10.3 Å². The second-order valence-corrected chi connectivity index (χ2v) is 6.69. The molecule has 0 radical (unpaired) electrons. The van der Waals surface area contributed by atoms with Gasteiger partial charge in [0.05, 0.1) is 13.2 Å². The van der Waals surface area contributed by atoms with Crippen LogP contribution in [0.15, 0.2) is 41.2 Å². The number of ether oxygens (including phenoxy) is 1. The van der Waals surface area contributed by atoms with Gasteiger partial charge in [0.25, 0.3) is 5.91 Å². The second kappa shape index (κ2) is 6.37. The second-order valence-electron chi connectivity index (χ2n) is 6.69. The van der Waals surface area contributed by atoms with Crippen LogP contribution in [0.25, 0.3) is 10.9 Å². The Balaban J connectivity index is 1.61. The zero-order valence-corrected chi connectivity index (χ0v) is 14.8. The van der Waals surface area contributed by atoms with Crippen LogP contribution in [0.1, 0.15) is 40.6 Å². The van der Waals surface area contributed by atoms with Crippen molar-refractivity contribution >= 4 is 16.8 Å². The van der Waals surface area contributed by atoms with Gasteiger partial charge in [-0.1, -0.05) is 0 Å². The Hall–Kier alpha value is -3.02. The Morgan fingerprint density at radius 2 is 2.12 bits per heavy atom. The van der Waals surface area contributed by atoms with Crippen LogP contribution < -0.4 is 15.6 Å². The molecule has 0 fully saturated rings. The van der Waals surface area contributed by atoms with Crippen molar-refractivity contribution in [3.05, 3.63) is 63.7 Å². The molecule has 6 nitrogen and oxygen atoms in total. The maximum absolute atomic E-state index is 12.8. The highest BCUT2D eigenvalue weighted by Gasteiger charge is 2.24. The number of fused-ring (bicyclic) bond motifs is 2. The number of H-pyrrole nitrogens is 1. The number of methoxy groups -OCH3 is 1. The van der Waals surface area contributed by atoms with Crippen LogP contribution in [0.3, 0.4) is 0 Å². The van der Waals surface area contributed by atoms with E-state index in [0.717, 1.165) is 47.2 Å². The highest BCUT2D eigenvalue weighted by Crippen LogP contribution is 2.29. The first-order valence-electron chi connectivity index (χ1n) is 8.73. The summed E-state index contributed by atoms with van der Waals surface area (Å²) in [6, 6.07) is 10.8. The zero-order valence-electron chi connectivity index (χ0n) is 14.8. The van der Waals surface area contributed by atoms with E-state index >= 15 is 0 Å². The summed E-state index contributed by atoms with van der Waals surface area (Å²) in [4.78, 5) is 27.8. The number of nitrogens with one attached hydrogen (secondary N) is 2. The van der Waals surface area contributed by atoms with E-state index in [1.165, 1.54) is 0 Å². The molecule has 0 saturated carbocycles. The normalized spacial score (nSPS) is 16.3. The van der Waals surface area contributed by atoms with Gasteiger partial charge in [0.1, 0.15) is 11.4 Å². The Kier molecular flexibility index (Phi) is 4.03. The van der Waals surface area contributed by atoms with E-state index in [4.69, 9.17) is 4.74 Å². The predicted octanol–water partition coefficient (Wildman–Crippen LogP) is 2.68. The summed E-state index contributed by atoms with van der Waals surface area (Å²) in [5.74, 6) is 0.609. The first kappa shape index (κ1) is 16.4. The summed E-state index contributed by atoms with van der Waals surface area (Å²) in [6.45, 7) is 0. The molecule has 134 valence electrons. The fraction of sp³-hybridized carbons (Fsp3) is 0.300. The van der Waals surface area contributed by atoms with E-state index in [0.29, 0.717) is 5.69 Å². The SMILES string of the molecule is COc1ccc2[nH]c(C(=O)NC3CCCc4c3ccc(=O)n4C)cc2c1. The highest BCUT2D eigenvalue weighted by molar-refractivity contribution is 5.98. The zero-order chi connectivity index (χ0) is 18.3. The van der Waals surface area contributed by atoms with Gasteiger partial charge in [-0.15, -0.1) is 0 Å². The van der Waals surface area contributed by atoms with Crippen LogP contribution in [-0.4, -0.2) is 22.6 Å². The van der Waals surface area contributed by atoms with Crippen LogP contribution >= 0.6 is 0 Å². The largest absolute Gasteiger partial charge is 0.497 e. The molecule has 1 aliphatic carbocycles. The number of benzene rings is 1. The van der Waals surface area contributed by atoms with Gasteiger partial charge in [-0.05, 0) is 55.2 Å². The molecule has 2 aromatic heterocycles. The summed E-state index contributed by atoms with van der Waals surface area (Å²) in [5, 5.41) is 4.04. The summed E-state index contributed by atoms with van der Waals surface area (Å²) in [5.41, 5.74) is 3.44. The summed E-state index contributed by atoms with van der Waals surface area (Å²) < 4.78 is 6.91. The van der Waals surface area contributed by atoms with Crippen LogP contribution in [0.5, 0.6) is 5.75 Å². The lowest BCUT2D eigenvalue weighted by molar-refractivity contribution is 0.0928. The third-order valence-electron chi connectivity index (χ3n) is 5.13. The number of aromatic amines is 1. The Morgan fingerprint density at radius 1 is 1.27 bits per heavy atom. The first-order chi connectivity index (χ1) is 12.6. The molecule has 0 spiro atoms. The number of carbonyl (C=O) groups excluding carboxylic acids is 1. The van der Waals surface area contributed by atoms with Crippen molar-refractivity contribution in [1.82, 2.24) is 14.9 Å². The molecule has 0 aliphatic heterocycles. The van der Waals surface area contributed by atoms with Crippen molar-refractivity contribution < 1.29 is 9.53 Å². The van der Waals surface area contributed by atoms with Gasteiger partial charge >= 0.3 is 0 Å². The smallest absolute Gasteiger partial charge is 0.268 e. The number of hydrogen-bond donors (Lipinski definition) is 2. The lowest BCUT2D eigenvalue weighted by atomic mass is 9.91. The molecule has 0 bridgehead atoms. The Morgan fingerprint density at radius 3 is 2.92 bits per heavy atom. The van der Waals surface area contributed by atoms with E-state index in [1.54, 1.807) is 24.8 Å². The van der Waals surface area contributed by atoms with Gasteiger partial charge in [0, 0.05) is 29.7 Å². The summed E-state index contributed by atoms with van der Waals surface area (Å²) in [6.07, 6.45) is 2.67. The average Bonchev–Trinajstić information content (AvgIpc) is 3.08. The molecule has 6 heteroatoms. The van der Waals surface area contributed by atoms with Gasteiger partial charge < -0.3 is 19.6 Å². The minimum absolute atomic E-state index is 0.0136. The minimum Gasteiger partial charge on any atom is -0.497 e. The van der Waals surface area contributed by atoms with Crippen LogP contribution in [-0.2, 0) is 13.5 Å². The van der Waals surface area contributed by atoms with Gasteiger partial charge in [0.15, 0.2) is 0 Å². The lowest BCUT2D eigenvalue weighted by Crippen LogP contribution is -2.34. The van der Waals surface area contributed by atoms with Gasteiger partial charge in [-0.25, -0.2) is 0 Å². The van der Waals surface area contributed by atoms with Gasteiger partial charge in [0.2, 0.25) is 5.56 Å². The van der Waals surface area contributed by atoms with Crippen molar-refractivity contribution in [3.63, 3.8) is 0 Å². The van der Waals surface area contributed by atoms with E-state index in [-0.39, 0.29) is 17.5 Å². The predicted molar refractivity (Wildman–Crippen MR) is 99.7 cm³/mol. The number of aromatic nitrogens is 2. The van der Waals surface area contributed by atoms with Gasteiger partial charge in [-0.3, -0.25) is 9.59 Å². The number of rotatable bonds is 3. The van der Waals surface area contributed by atoms with Crippen LogP contribution in [0, 0.1) is 0 Å². The fourth-order valence-electron chi connectivity index (χ4n) is 3.70. The van der Waals surface area contributed by atoms with Crippen molar-refractivity contribution in [1.29, 1.82) is 0 Å². The Bertz CT molecular complexity index is 1050. The summed E-state index contributed by atoms with van der Waals surface area (Å²) in [7, 11) is 3.41. The third kappa shape index (κ3) is 2.77. The topological polar surface area (TPSA) is 76.1 Å². The fourth-order valence-corrected chi connectivity index (χ4v) is 3.70. The van der Waals surface area contributed by atoms with Gasteiger partial charge in [-0.2, -0.15) is 0 Å². The van der Waals surface area contributed by atoms with E-state index in [1.807, 2.05) is 30.3 Å². The number of pyridine rings is 1. The number of hydrogen-bond acceptors (Lipinski definition) is 3. The van der Waals surface area contributed by atoms with E-state index < -0.39 is 0 Å². The maximum Gasteiger partial charge on any atom is 0.268 e. The Labute approximate surface area is 150 Å². The van der Waals surface area contributed by atoms with Crippen molar-refractivity contribution in [3.8, 4) is 5.75 Å². The number of amides is 1. The minimum atomic E-state index is -0.146. The molecular weight excluding hydrogens is 330 g/mol. The quantitative estimate of drug-likeness (QED) is 0.762. The van der Waals surface area contributed by atoms with Crippen LogP contribution in [0.2, 0.25) is 0 Å². The van der Waals surface area contributed by atoms with Crippen molar-refractivity contribution in [2.45, 2.75) is 25.3 Å². The molecule has 4 rings (SSSR count). The first-order valence-corrected chi connectivity index (χ1v) is 8.73. The molecule has 1 amide bonds. The van der Waals surface area contributed by atoms with E-state index in [9.17, 15) is 9.59 Å². The molecule has 2 heterocycles. The molecule has 0 saturated heterocycles. The molecule has 3 aromatic rings. The highest BCUT2D eigenvalue weighted by atomic mass is 16.5. The molecule has 1 aromatic carbocycles.